The van der Waals surface area contributed by atoms with Crippen LogP contribution in [-0.2, 0) is 26.1 Å². The molecule has 0 amide bonds. The molecule has 12 heteroatoms. The molecule has 0 aliphatic carbocycles. The van der Waals surface area contributed by atoms with Gasteiger partial charge in [-0.1, -0.05) is 29.3 Å². The average Bonchev–Trinajstić information content (AvgIpc) is 2.31. The van der Waals surface area contributed by atoms with Crippen LogP contribution in [0, 0.1) is 13.8 Å². The maximum absolute atomic E-state index is 12.6. The van der Waals surface area contributed by atoms with Crippen molar-refractivity contribution in [1.29, 1.82) is 0 Å². The molecule has 0 fully saturated rings. The van der Waals surface area contributed by atoms with E-state index in [1.54, 1.807) is 0 Å². The summed E-state index contributed by atoms with van der Waals surface area (Å²) in [6, 6.07) is 3.78. The topological polar surface area (TPSA) is 68.3 Å². The summed E-state index contributed by atoms with van der Waals surface area (Å²) in [6.45, 7) is 2.95. The van der Waals surface area contributed by atoms with Gasteiger partial charge in [0.2, 0.25) is 0 Å². The van der Waals surface area contributed by atoms with Crippen LogP contribution in [0.3, 0.4) is 0 Å². The Morgan fingerprint density at radius 3 is 1.42 bits per heavy atom. The van der Waals surface area contributed by atoms with E-state index >= 15 is 0 Å². The van der Waals surface area contributed by atoms with Crippen LogP contribution in [0.4, 0.5) is 26.3 Å². The van der Waals surface area contributed by atoms with Gasteiger partial charge in [0.15, 0.2) is 4.58 Å². The van der Waals surface area contributed by atoms with Gasteiger partial charge in [-0.2, -0.15) is 26.3 Å². The Hall–Kier alpha value is -1.30. The van der Waals surface area contributed by atoms with E-state index < -0.39 is 41.7 Å². The summed E-state index contributed by atoms with van der Waals surface area (Å²) in [5.41, 5.74) is -11.7. The van der Waals surface area contributed by atoms with Gasteiger partial charge in [0.1, 0.15) is 0 Å². The summed E-state index contributed by atoms with van der Waals surface area (Å²) >= 11 is 0. The van der Waals surface area contributed by atoms with Crippen LogP contribution in [-0.4, -0.2) is 32.4 Å². The summed E-state index contributed by atoms with van der Waals surface area (Å²) < 4.78 is 118. The van der Waals surface area contributed by atoms with Crippen LogP contribution in [0.15, 0.2) is 18.2 Å². The molecule has 1 rings (SSSR count). The fourth-order valence-electron chi connectivity index (χ4n) is 2.06. The second-order valence-corrected chi connectivity index (χ2v) is 9.65. The van der Waals surface area contributed by atoms with Crippen molar-refractivity contribution in [3.63, 3.8) is 0 Å². The summed E-state index contributed by atoms with van der Waals surface area (Å²) in [4.78, 5) is 0. The Morgan fingerprint density at radius 1 is 0.792 bits per heavy atom. The van der Waals surface area contributed by atoms with E-state index in [1.807, 2.05) is 0 Å². The lowest BCUT2D eigenvalue weighted by Crippen LogP contribution is -2.46. The van der Waals surface area contributed by atoms with Crippen molar-refractivity contribution >= 4 is 19.7 Å². The predicted molar refractivity (Wildman–Crippen MR) is 73.4 cm³/mol. The largest absolute Gasteiger partial charge is 0.498 e. The minimum Gasteiger partial charge on any atom is -0.218 e. The van der Waals surface area contributed by atoms with Gasteiger partial charge in [-0.05, 0) is 19.4 Å². The molecule has 0 unspecified atom stereocenters. The minimum atomic E-state index is -6.61. The molecule has 0 N–H and O–H groups in total. The van der Waals surface area contributed by atoms with Gasteiger partial charge in [0.25, 0.3) is 19.7 Å². The molecule has 138 valence electrons. The van der Waals surface area contributed by atoms with Crippen molar-refractivity contribution in [2.75, 3.05) is 0 Å². The summed E-state index contributed by atoms with van der Waals surface area (Å²) in [5, 5.41) is 0. The number of hydrogen-bond donors (Lipinski definition) is 0. The summed E-state index contributed by atoms with van der Waals surface area (Å²) in [7, 11) is -13.2. The molecule has 1 aromatic carbocycles. The molecule has 0 bridgehead atoms. The maximum Gasteiger partial charge on any atom is 0.498 e. The summed E-state index contributed by atoms with van der Waals surface area (Å²) in [6.07, 6.45) is -1.47. The molecule has 24 heavy (non-hydrogen) atoms. The van der Waals surface area contributed by atoms with E-state index in [0.717, 1.165) is 12.1 Å². The second kappa shape index (κ2) is 6.21. The van der Waals surface area contributed by atoms with E-state index in [4.69, 9.17) is 0 Å². The fraction of sp³-hybridized carbons (Fsp3) is 0.500. The molecule has 0 aliphatic heterocycles. The molecular formula is C12H12F6O4S2. The highest BCUT2D eigenvalue weighted by Crippen LogP contribution is 2.37. The molecule has 0 aliphatic rings. The third kappa shape index (κ3) is 4.02. The van der Waals surface area contributed by atoms with E-state index in [0.29, 0.717) is 11.1 Å². The molecule has 1 aromatic rings. The fourth-order valence-corrected chi connectivity index (χ4v) is 5.47. The van der Waals surface area contributed by atoms with Gasteiger partial charge in [-0.15, -0.1) is 0 Å². The van der Waals surface area contributed by atoms with E-state index in [1.165, 1.54) is 19.9 Å². The van der Waals surface area contributed by atoms with Gasteiger partial charge in [0, 0.05) is 6.42 Å². The molecule has 0 saturated heterocycles. The minimum absolute atomic E-state index is 0.266. The quantitative estimate of drug-likeness (QED) is 0.732. The first kappa shape index (κ1) is 20.7. The normalized spacial score (nSPS) is 14.2. The van der Waals surface area contributed by atoms with Crippen molar-refractivity contribution in [1.82, 2.24) is 0 Å². The first-order valence-electron chi connectivity index (χ1n) is 6.17. The third-order valence-corrected chi connectivity index (χ3v) is 7.55. The number of rotatable bonds is 4. The zero-order chi connectivity index (χ0) is 19.1. The molecular weight excluding hydrogens is 386 g/mol. The lowest BCUT2D eigenvalue weighted by atomic mass is 10.1. The lowest BCUT2D eigenvalue weighted by Gasteiger charge is -2.21. The molecule has 4 nitrogen and oxygen atoms in total. The zero-order valence-corrected chi connectivity index (χ0v) is 13.9. The van der Waals surface area contributed by atoms with Crippen molar-refractivity contribution < 1.29 is 43.2 Å². The van der Waals surface area contributed by atoms with Crippen LogP contribution in [0.25, 0.3) is 0 Å². The van der Waals surface area contributed by atoms with Gasteiger partial charge < -0.3 is 0 Å². The molecule has 0 atom stereocenters. The molecule has 0 spiro atoms. The van der Waals surface area contributed by atoms with Crippen LogP contribution < -0.4 is 0 Å². The number of hydrogen-bond acceptors (Lipinski definition) is 4. The first-order chi connectivity index (χ1) is 10.5. The van der Waals surface area contributed by atoms with Crippen molar-refractivity contribution in [2.45, 2.75) is 35.9 Å². The second-order valence-electron chi connectivity index (χ2n) is 5.11. The Kier molecular flexibility index (Phi) is 5.37. The molecule has 0 saturated carbocycles. The van der Waals surface area contributed by atoms with Crippen molar-refractivity contribution in [3.05, 3.63) is 34.9 Å². The molecule has 0 heterocycles. The highest BCUT2D eigenvalue weighted by molar-refractivity contribution is 8.09. The number of halogens is 6. The molecule has 0 aromatic heterocycles. The number of sulfone groups is 2. The SMILES string of the molecule is Cc1cc(C)cc(CC(S(=O)(=O)C(F)(F)F)S(=O)(=O)C(F)(F)F)c1. The number of alkyl halides is 6. The standard InChI is InChI=1S/C12H12F6O4S2/c1-7-3-8(2)5-9(4-7)6-10(23(19,20)11(13,14)15)24(21,22)12(16,17)18/h3-5,10H,6H2,1-2H3. The highest BCUT2D eigenvalue weighted by Gasteiger charge is 2.62. The predicted octanol–water partition coefficient (Wildman–Crippen LogP) is 3.04. The Labute approximate surface area is 134 Å². The number of benzene rings is 1. The molecule has 0 radical (unpaired) electrons. The average molecular weight is 398 g/mol. The van der Waals surface area contributed by atoms with Crippen molar-refractivity contribution in [3.8, 4) is 0 Å². The van der Waals surface area contributed by atoms with Gasteiger partial charge >= 0.3 is 11.0 Å². The van der Waals surface area contributed by atoms with E-state index in [9.17, 15) is 43.2 Å². The van der Waals surface area contributed by atoms with Gasteiger partial charge in [-0.3, -0.25) is 0 Å². The van der Waals surface area contributed by atoms with Gasteiger partial charge in [0.05, 0.1) is 0 Å². The van der Waals surface area contributed by atoms with Crippen LogP contribution in [0.2, 0.25) is 0 Å². The van der Waals surface area contributed by atoms with Crippen LogP contribution >= 0.6 is 0 Å². The van der Waals surface area contributed by atoms with Crippen molar-refractivity contribution in [2.24, 2.45) is 0 Å². The monoisotopic (exact) mass is 398 g/mol. The first-order valence-corrected chi connectivity index (χ1v) is 9.27. The Morgan fingerprint density at radius 2 is 1.12 bits per heavy atom. The van der Waals surface area contributed by atoms with E-state index in [2.05, 4.69) is 0 Å². The van der Waals surface area contributed by atoms with Crippen LogP contribution in [0.1, 0.15) is 16.7 Å². The number of aryl methyl sites for hydroxylation is 2. The van der Waals surface area contributed by atoms with Crippen LogP contribution in [0.5, 0.6) is 0 Å². The Bertz CT molecular complexity index is 758. The van der Waals surface area contributed by atoms with Gasteiger partial charge in [-0.25, -0.2) is 16.8 Å². The smallest absolute Gasteiger partial charge is 0.218 e. The third-order valence-electron chi connectivity index (χ3n) is 3.02. The lowest BCUT2D eigenvalue weighted by molar-refractivity contribution is -0.0471. The highest BCUT2D eigenvalue weighted by atomic mass is 32.3. The maximum atomic E-state index is 12.6. The van der Waals surface area contributed by atoms with E-state index in [-0.39, 0.29) is 5.56 Å². The summed E-state index contributed by atoms with van der Waals surface area (Å²) in [5.74, 6) is 0. The zero-order valence-electron chi connectivity index (χ0n) is 12.2. The Balaban J connectivity index is 3.57.